The summed E-state index contributed by atoms with van der Waals surface area (Å²) in [5.74, 6) is -3.63. The number of nitrogens with zero attached hydrogens (tertiary/aromatic N) is 5. The van der Waals surface area contributed by atoms with Crippen LogP contribution in [0.15, 0.2) is 23.1 Å². The highest BCUT2D eigenvalue weighted by molar-refractivity contribution is 5.93. The van der Waals surface area contributed by atoms with E-state index in [1.807, 2.05) is 0 Å². The van der Waals surface area contributed by atoms with Crippen molar-refractivity contribution in [3.63, 3.8) is 0 Å². The Morgan fingerprint density at radius 2 is 1.80 bits per heavy atom. The van der Waals surface area contributed by atoms with E-state index in [9.17, 15) is 22.8 Å². The Hall–Kier alpha value is -3.51. The van der Waals surface area contributed by atoms with Crippen LogP contribution < -0.4 is 10.6 Å². The van der Waals surface area contributed by atoms with E-state index in [1.165, 1.54) is 0 Å². The van der Waals surface area contributed by atoms with Gasteiger partial charge in [-0.05, 0) is 73.6 Å². The Balaban J connectivity index is 1.25. The molecule has 3 aromatic heterocycles. The molecule has 13 heteroatoms. The minimum atomic E-state index is -2.73. The number of halogens is 3. The lowest BCUT2D eigenvalue weighted by Gasteiger charge is -2.33. The maximum Gasteiger partial charge on any atom is 0.276 e. The van der Waals surface area contributed by atoms with Gasteiger partial charge in [-0.15, -0.1) is 0 Å². The summed E-state index contributed by atoms with van der Waals surface area (Å²) < 4.78 is 48.6. The molecule has 3 saturated carbocycles. The first-order chi connectivity index (χ1) is 19.2. The molecule has 0 spiro atoms. The van der Waals surface area contributed by atoms with Gasteiger partial charge in [0.05, 0.1) is 30.2 Å². The first kappa shape index (κ1) is 26.7. The molecule has 0 saturated heterocycles. The molecule has 3 aliphatic carbocycles. The van der Waals surface area contributed by atoms with Crippen LogP contribution in [0.1, 0.15) is 97.3 Å². The molecule has 214 valence electrons. The minimum absolute atomic E-state index is 0.0196. The van der Waals surface area contributed by atoms with Gasteiger partial charge in [0.2, 0.25) is 5.92 Å². The number of carbonyl (C=O) groups is 2. The monoisotopic (exact) mass is 559 g/mol. The van der Waals surface area contributed by atoms with Crippen LogP contribution in [-0.4, -0.2) is 48.8 Å². The zero-order valence-electron chi connectivity index (χ0n) is 22.2. The molecule has 0 aliphatic heterocycles. The fourth-order valence-corrected chi connectivity index (χ4v) is 5.61. The standard InChI is InChI=1S/C27H32F3N7O3/c1-14-22(36-40-35-14)26(39)34-24(17-6-8-27(29,30)9-7-17)20-13-37-21(32-20)11-18(12-31-37)23(16-4-5-16)33-25(38)19(28)10-15-2-3-15/h11-13,15-17,19,23-24H,2-10H2,1H3,(H,33,38)(H,34,39)/t19-,23-,24+/m1/s1. The number of hydrogen-bond donors (Lipinski definition) is 2. The fraction of sp³-hybridized carbons (Fsp3) is 0.630. The second kappa shape index (κ2) is 10.5. The Labute approximate surface area is 228 Å². The van der Waals surface area contributed by atoms with Crippen LogP contribution in [-0.2, 0) is 4.79 Å². The smallest absolute Gasteiger partial charge is 0.276 e. The Bertz CT molecular complexity index is 1390. The molecule has 0 radical (unpaired) electrons. The SMILES string of the molecule is Cc1nonc1C(=O)N[C@H](c1cn2ncc([C@H](NC(=O)[C@H](F)CC3CC3)C3CC3)cc2n1)C1CCC(F)(F)CC1. The van der Waals surface area contributed by atoms with Crippen LogP contribution in [0, 0.1) is 24.7 Å². The summed E-state index contributed by atoms with van der Waals surface area (Å²) in [5.41, 5.74) is 2.01. The molecule has 10 nitrogen and oxygen atoms in total. The molecule has 6 rings (SSSR count). The van der Waals surface area contributed by atoms with Gasteiger partial charge in [0.1, 0.15) is 5.69 Å². The van der Waals surface area contributed by atoms with Gasteiger partial charge in [-0.1, -0.05) is 18.0 Å². The van der Waals surface area contributed by atoms with Gasteiger partial charge in [-0.2, -0.15) is 5.10 Å². The van der Waals surface area contributed by atoms with Gasteiger partial charge in [-0.3, -0.25) is 9.59 Å². The number of aryl methyl sites for hydroxylation is 1. The lowest BCUT2D eigenvalue weighted by atomic mass is 9.81. The van der Waals surface area contributed by atoms with Crippen LogP contribution in [0.5, 0.6) is 0 Å². The van der Waals surface area contributed by atoms with Crippen molar-refractivity contribution in [1.29, 1.82) is 0 Å². The summed E-state index contributed by atoms with van der Waals surface area (Å²) in [5, 5.41) is 17.6. The summed E-state index contributed by atoms with van der Waals surface area (Å²) in [4.78, 5) is 30.3. The van der Waals surface area contributed by atoms with Crippen molar-refractivity contribution >= 4 is 17.5 Å². The van der Waals surface area contributed by atoms with E-state index in [-0.39, 0.29) is 55.7 Å². The van der Waals surface area contributed by atoms with Crippen molar-refractivity contribution in [2.45, 2.75) is 88.9 Å². The molecule has 3 fully saturated rings. The largest absolute Gasteiger partial charge is 0.346 e. The predicted molar refractivity (Wildman–Crippen MR) is 135 cm³/mol. The topological polar surface area (TPSA) is 127 Å². The number of rotatable bonds is 10. The number of aromatic nitrogens is 5. The van der Waals surface area contributed by atoms with Gasteiger partial charge in [0.25, 0.3) is 11.8 Å². The van der Waals surface area contributed by atoms with Gasteiger partial charge in [0, 0.05) is 12.8 Å². The molecule has 3 aliphatic rings. The Kier molecular flexibility index (Phi) is 6.99. The molecule has 0 aromatic carbocycles. The van der Waals surface area contributed by atoms with Crippen molar-refractivity contribution in [2.75, 3.05) is 0 Å². The van der Waals surface area contributed by atoms with Crippen LogP contribution in [0.4, 0.5) is 13.2 Å². The third kappa shape index (κ3) is 5.83. The number of fused-ring (bicyclic) bond motifs is 1. The number of alkyl halides is 3. The molecule has 3 aromatic rings. The molecule has 0 unspecified atom stereocenters. The van der Waals surface area contributed by atoms with Crippen molar-refractivity contribution in [2.24, 2.45) is 17.8 Å². The zero-order valence-corrected chi connectivity index (χ0v) is 22.2. The highest BCUT2D eigenvalue weighted by atomic mass is 19.3. The normalized spacial score (nSPS) is 21.6. The number of carbonyl (C=O) groups excluding carboxylic acids is 2. The average molecular weight is 560 g/mol. The Morgan fingerprint density at radius 3 is 2.45 bits per heavy atom. The minimum Gasteiger partial charge on any atom is -0.346 e. The molecule has 2 amide bonds. The number of amides is 2. The third-order valence-electron chi connectivity index (χ3n) is 8.34. The van der Waals surface area contributed by atoms with E-state index in [2.05, 4.69) is 30.7 Å². The maximum atomic E-state index is 14.5. The van der Waals surface area contributed by atoms with Crippen LogP contribution in [0.3, 0.4) is 0 Å². The summed E-state index contributed by atoms with van der Waals surface area (Å²) >= 11 is 0. The zero-order chi connectivity index (χ0) is 28.0. The molecular formula is C27H32F3N7O3. The molecular weight excluding hydrogens is 527 g/mol. The van der Waals surface area contributed by atoms with Gasteiger partial charge in [-0.25, -0.2) is 27.3 Å². The first-order valence-electron chi connectivity index (χ1n) is 13.9. The molecule has 2 N–H and O–H groups in total. The van der Waals surface area contributed by atoms with Crippen molar-refractivity contribution in [3.05, 3.63) is 41.1 Å². The summed E-state index contributed by atoms with van der Waals surface area (Å²) in [6.07, 6.45) is 5.70. The van der Waals surface area contributed by atoms with Gasteiger partial charge in [0.15, 0.2) is 17.5 Å². The van der Waals surface area contributed by atoms with Crippen molar-refractivity contribution in [3.8, 4) is 0 Å². The second-order valence-corrected chi connectivity index (χ2v) is 11.6. The second-order valence-electron chi connectivity index (χ2n) is 11.6. The van der Waals surface area contributed by atoms with Crippen LogP contribution in [0.2, 0.25) is 0 Å². The summed E-state index contributed by atoms with van der Waals surface area (Å²) in [6, 6.07) is 0.757. The number of imidazole rings is 1. The number of hydrogen-bond acceptors (Lipinski definition) is 7. The first-order valence-corrected chi connectivity index (χ1v) is 13.9. The predicted octanol–water partition coefficient (Wildman–Crippen LogP) is 4.42. The Morgan fingerprint density at radius 1 is 1.07 bits per heavy atom. The van der Waals surface area contributed by atoms with Gasteiger partial charge >= 0.3 is 0 Å². The lowest BCUT2D eigenvalue weighted by Crippen LogP contribution is -2.37. The molecule has 3 heterocycles. The van der Waals surface area contributed by atoms with Crippen molar-refractivity contribution in [1.82, 2.24) is 35.5 Å². The highest BCUT2D eigenvalue weighted by Gasteiger charge is 2.40. The van der Waals surface area contributed by atoms with E-state index in [0.29, 0.717) is 23.0 Å². The van der Waals surface area contributed by atoms with E-state index in [0.717, 1.165) is 31.2 Å². The number of nitrogens with one attached hydrogen (secondary N) is 2. The highest BCUT2D eigenvalue weighted by Crippen LogP contribution is 2.43. The third-order valence-corrected chi connectivity index (χ3v) is 8.34. The summed E-state index contributed by atoms with van der Waals surface area (Å²) in [7, 11) is 0. The van der Waals surface area contributed by atoms with E-state index >= 15 is 0 Å². The van der Waals surface area contributed by atoms with E-state index < -0.39 is 30.0 Å². The maximum absolute atomic E-state index is 14.5. The fourth-order valence-electron chi connectivity index (χ4n) is 5.61. The van der Waals surface area contributed by atoms with Gasteiger partial charge < -0.3 is 10.6 Å². The van der Waals surface area contributed by atoms with Crippen LogP contribution in [0.25, 0.3) is 5.65 Å². The summed E-state index contributed by atoms with van der Waals surface area (Å²) in [6.45, 7) is 1.59. The molecule has 40 heavy (non-hydrogen) atoms. The van der Waals surface area contributed by atoms with Crippen molar-refractivity contribution < 1.29 is 27.4 Å². The van der Waals surface area contributed by atoms with E-state index in [1.54, 1.807) is 29.9 Å². The molecule has 0 bridgehead atoms. The van der Waals surface area contributed by atoms with E-state index in [4.69, 9.17) is 4.98 Å². The molecule has 3 atom stereocenters. The average Bonchev–Trinajstić information content (AvgIpc) is 3.84. The lowest BCUT2D eigenvalue weighted by molar-refractivity contribution is -0.127. The quantitative estimate of drug-likeness (QED) is 0.376. The van der Waals surface area contributed by atoms with Crippen LogP contribution >= 0.6 is 0 Å².